The molecule has 5 nitrogen and oxygen atoms in total. The summed E-state index contributed by atoms with van der Waals surface area (Å²) in [7, 11) is 1.62. The van der Waals surface area contributed by atoms with Crippen LogP contribution in [0.3, 0.4) is 0 Å². The maximum atomic E-state index is 11.8. The molecule has 1 fully saturated rings. The molecule has 5 heteroatoms. The first-order valence-electron chi connectivity index (χ1n) is 9.47. The van der Waals surface area contributed by atoms with E-state index in [1.54, 1.807) is 7.11 Å². The van der Waals surface area contributed by atoms with E-state index in [0.29, 0.717) is 24.5 Å². The van der Waals surface area contributed by atoms with Gasteiger partial charge in [-0.05, 0) is 55.6 Å². The van der Waals surface area contributed by atoms with E-state index in [2.05, 4.69) is 4.90 Å². The molecule has 144 valence electrons. The minimum atomic E-state index is -0.825. The molecule has 0 saturated carbocycles. The Kier molecular flexibility index (Phi) is 6.71. The molecule has 1 aliphatic rings. The van der Waals surface area contributed by atoms with Gasteiger partial charge in [0.05, 0.1) is 13.0 Å². The van der Waals surface area contributed by atoms with Crippen molar-refractivity contribution in [2.24, 2.45) is 0 Å². The lowest BCUT2D eigenvalue weighted by Crippen LogP contribution is -2.25. The Balaban J connectivity index is 1.70. The molecule has 1 atom stereocenters. The first-order chi connectivity index (χ1) is 13.2. The molecule has 0 aliphatic carbocycles. The van der Waals surface area contributed by atoms with Crippen LogP contribution in [0.5, 0.6) is 11.5 Å². The van der Waals surface area contributed by atoms with E-state index in [1.807, 2.05) is 48.5 Å². The fourth-order valence-corrected chi connectivity index (χ4v) is 3.52. The minimum absolute atomic E-state index is 0.409. The van der Waals surface area contributed by atoms with Crippen LogP contribution in [-0.2, 0) is 11.2 Å². The number of likely N-dealkylation sites (tertiary alicyclic amines) is 1. The molecule has 27 heavy (non-hydrogen) atoms. The zero-order valence-corrected chi connectivity index (χ0v) is 15.8. The SMILES string of the molecule is COc1ccc(CC(C(=O)O)c2ccccc2)cc1OCCN1CCCC1. The minimum Gasteiger partial charge on any atom is -0.493 e. The molecule has 0 radical (unpaired) electrons. The number of aliphatic carboxylic acids is 1. The fourth-order valence-electron chi connectivity index (χ4n) is 3.52. The van der Waals surface area contributed by atoms with Crippen molar-refractivity contribution >= 4 is 5.97 Å². The van der Waals surface area contributed by atoms with E-state index in [1.165, 1.54) is 12.8 Å². The molecule has 2 aromatic carbocycles. The van der Waals surface area contributed by atoms with Gasteiger partial charge in [-0.1, -0.05) is 36.4 Å². The van der Waals surface area contributed by atoms with E-state index in [-0.39, 0.29) is 0 Å². The fraction of sp³-hybridized carbons (Fsp3) is 0.409. The third kappa shape index (κ3) is 5.23. The first kappa shape index (κ1) is 19.2. The smallest absolute Gasteiger partial charge is 0.311 e. The number of carbonyl (C=O) groups is 1. The van der Waals surface area contributed by atoms with Gasteiger partial charge in [0.2, 0.25) is 0 Å². The molecular formula is C22H27NO4. The Morgan fingerprint density at radius 2 is 1.85 bits per heavy atom. The van der Waals surface area contributed by atoms with Crippen LogP contribution in [0.25, 0.3) is 0 Å². The Morgan fingerprint density at radius 3 is 2.52 bits per heavy atom. The van der Waals surface area contributed by atoms with Gasteiger partial charge in [-0.2, -0.15) is 0 Å². The van der Waals surface area contributed by atoms with Gasteiger partial charge in [0, 0.05) is 6.54 Å². The van der Waals surface area contributed by atoms with Gasteiger partial charge in [0.1, 0.15) is 6.61 Å². The molecule has 0 spiro atoms. The summed E-state index contributed by atoms with van der Waals surface area (Å²) in [5.41, 5.74) is 1.72. The topological polar surface area (TPSA) is 59.0 Å². The average Bonchev–Trinajstić information content (AvgIpc) is 3.20. The molecule has 3 rings (SSSR count). The lowest BCUT2D eigenvalue weighted by Gasteiger charge is -2.18. The number of carboxylic acids is 1. The Labute approximate surface area is 160 Å². The summed E-state index contributed by atoms with van der Waals surface area (Å²) in [4.78, 5) is 14.2. The van der Waals surface area contributed by atoms with Crippen molar-refractivity contribution in [3.8, 4) is 11.5 Å². The number of rotatable bonds is 9. The van der Waals surface area contributed by atoms with Crippen LogP contribution in [-0.4, -0.2) is 49.3 Å². The molecular weight excluding hydrogens is 342 g/mol. The van der Waals surface area contributed by atoms with E-state index in [4.69, 9.17) is 9.47 Å². The normalized spacial score (nSPS) is 15.4. The Bertz CT molecular complexity index is 741. The predicted octanol–water partition coefficient (Wildman–Crippen LogP) is 3.58. The highest BCUT2D eigenvalue weighted by Crippen LogP contribution is 2.30. The van der Waals surface area contributed by atoms with Crippen molar-refractivity contribution in [1.82, 2.24) is 4.90 Å². The van der Waals surface area contributed by atoms with Gasteiger partial charge in [-0.3, -0.25) is 9.69 Å². The van der Waals surface area contributed by atoms with Crippen molar-refractivity contribution in [2.75, 3.05) is 33.4 Å². The van der Waals surface area contributed by atoms with Crippen LogP contribution in [0.4, 0.5) is 0 Å². The summed E-state index contributed by atoms with van der Waals surface area (Å²) in [5.74, 6) is -0.0660. The molecule has 0 bridgehead atoms. The second-order valence-corrected chi connectivity index (χ2v) is 6.89. The molecule has 1 heterocycles. The summed E-state index contributed by atoms with van der Waals surface area (Å²) in [6.07, 6.45) is 2.93. The van der Waals surface area contributed by atoms with Crippen molar-refractivity contribution in [1.29, 1.82) is 0 Å². The number of ether oxygens (including phenoxy) is 2. The van der Waals surface area contributed by atoms with Crippen molar-refractivity contribution < 1.29 is 19.4 Å². The molecule has 1 N–H and O–H groups in total. The van der Waals surface area contributed by atoms with E-state index >= 15 is 0 Å². The molecule has 1 unspecified atom stereocenters. The number of hydrogen-bond acceptors (Lipinski definition) is 4. The number of methoxy groups -OCH3 is 1. The lowest BCUT2D eigenvalue weighted by atomic mass is 9.92. The second kappa shape index (κ2) is 9.42. The quantitative estimate of drug-likeness (QED) is 0.732. The molecule has 0 aromatic heterocycles. The van der Waals surface area contributed by atoms with Crippen molar-refractivity contribution in [2.45, 2.75) is 25.2 Å². The maximum absolute atomic E-state index is 11.8. The third-order valence-electron chi connectivity index (χ3n) is 5.03. The van der Waals surface area contributed by atoms with Gasteiger partial charge in [0.15, 0.2) is 11.5 Å². The van der Waals surface area contributed by atoms with E-state index in [9.17, 15) is 9.90 Å². The van der Waals surface area contributed by atoms with Gasteiger partial charge in [-0.15, -0.1) is 0 Å². The van der Waals surface area contributed by atoms with Gasteiger partial charge in [-0.25, -0.2) is 0 Å². The second-order valence-electron chi connectivity index (χ2n) is 6.89. The maximum Gasteiger partial charge on any atom is 0.311 e. The molecule has 1 saturated heterocycles. The average molecular weight is 369 g/mol. The summed E-state index contributed by atoms with van der Waals surface area (Å²) >= 11 is 0. The Morgan fingerprint density at radius 1 is 1.11 bits per heavy atom. The van der Waals surface area contributed by atoms with Crippen LogP contribution in [0.2, 0.25) is 0 Å². The zero-order chi connectivity index (χ0) is 19.1. The summed E-state index contributed by atoms with van der Waals surface area (Å²) < 4.78 is 11.4. The van der Waals surface area contributed by atoms with E-state index < -0.39 is 11.9 Å². The highest BCUT2D eigenvalue weighted by Gasteiger charge is 2.21. The van der Waals surface area contributed by atoms with Crippen LogP contribution < -0.4 is 9.47 Å². The standard InChI is InChI=1S/C22H27NO4/c1-26-20-10-9-17(15-19(22(24)25)18-7-3-2-4-8-18)16-21(20)27-14-13-23-11-5-6-12-23/h2-4,7-10,16,19H,5-6,11-15H2,1H3,(H,24,25). The summed E-state index contributed by atoms with van der Waals surface area (Å²) in [5, 5.41) is 9.66. The number of benzene rings is 2. The Hall–Kier alpha value is -2.53. The lowest BCUT2D eigenvalue weighted by molar-refractivity contribution is -0.138. The van der Waals surface area contributed by atoms with Crippen LogP contribution >= 0.6 is 0 Å². The monoisotopic (exact) mass is 369 g/mol. The largest absolute Gasteiger partial charge is 0.493 e. The molecule has 0 amide bonds. The number of nitrogens with zero attached hydrogens (tertiary/aromatic N) is 1. The van der Waals surface area contributed by atoms with E-state index in [0.717, 1.165) is 30.8 Å². The highest BCUT2D eigenvalue weighted by atomic mass is 16.5. The van der Waals surface area contributed by atoms with Crippen molar-refractivity contribution in [3.05, 3.63) is 59.7 Å². The zero-order valence-electron chi connectivity index (χ0n) is 15.8. The van der Waals surface area contributed by atoms with Gasteiger partial charge >= 0.3 is 5.97 Å². The summed E-state index contributed by atoms with van der Waals surface area (Å²) in [6, 6.07) is 15.0. The number of hydrogen-bond donors (Lipinski definition) is 1. The van der Waals surface area contributed by atoms with Gasteiger partial charge < -0.3 is 14.6 Å². The van der Waals surface area contributed by atoms with Gasteiger partial charge in [0.25, 0.3) is 0 Å². The van der Waals surface area contributed by atoms with Crippen molar-refractivity contribution in [3.63, 3.8) is 0 Å². The van der Waals surface area contributed by atoms with Crippen LogP contribution in [0.1, 0.15) is 29.9 Å². The predicted molar refractivity (Wildman–Crippen MR) is 105 cm³/mol. The summed E-state index contributed by atoms with van der Waals surface area (Å²) in [6.45, 7) is 3.77. The third-order valence-corrected chi connectivity index (χ3v) is 5.03. The van der Waals surface area contributed by atoms with Crippen LogP contribution in [0, 0.1) is 0 Å². The first-order valence-corrected chi connectivity index (χ1v) is 9.47. The van der Waals surface area contributed by atoms with Crippen LogP contribution in [0.15, 0.2) is 48.5 Å². The number of carboxylic acid groups (broad SMARTS) is 1. The highest BCUT2D eigenvalue weighted by molar-refractivity contribution is 5.76. The molecule has 1 aliphatic heterocycles. The molecule has 2 aromatic rings.